The van der Waals surface area contributed by atoms with E-state index in [-0.39, 0.29) is 25.5 Å². The van der Waals surface area contributed by atoms with Crippen LogP contribution in [0.2, 0.25) is 0 Å². The van der Waals surface area contributed by atoms with E-state index in [1.165, 1.54) is 10.8 Å². The van der Waals surface area contributed by atoms with E-state index in [1.54, 1.807) is 31.5 Å². The van der Waals surface area contributed by atoms with Crippen molar-refractivity contribution in [3.05, 3.63) is 62.7 Å². The molecular weight excluding hydrogens is 368 g/mol. The molecule has 3 rings (SSSR count). The first-order valence-electron chi connectivity index (χ1n) is 8.81. The van der Waals surface area contributed by atoms with Crippen molar-refractivity contribution in [1.29, 1.82) is 0 Å². The summed E-state index contributed by atoms with van der Waals surface area (Å²) in [6.07, 6.45) is 1.17. The topological polar surface area (TPSA) is 147 Å². The second-order valence-electron chi connectivity index (χ2n) is 6.79. The van der Waals surface area contributed by atoms with Crippen LogP contribution in [0.4, 0.5) is 0 Å². The fourth-order valence-electron chi connectivity index (χ4n) is 3.06. The first-order valence-corrected chi connectivity index (χ1v) is 8.81. The van der Waals surface area contributed by atoms with Gasteiger partial charge in [-0.05, 0) is 18.6 Å². The Bertz CT molecular complexity index is 941. The number of aromatic amines is 1. The molecular formula is C18H22N4O6. The third kappa shape index (κ3) is 4.53. The van der Waals surface area contributed by atoms with Gasteiger partial charge in [-0.1, -0.05) is 6.07 Å². The lowest BCUT2D eigenvalue weighted by Gasteiger charge is -2.38. The highest BCUT2D eigenvalue weighted by Gasteiger charge is 2.39. The van der Waals surface area contributed by atoms with Crippen LogP contribution in [0.15, 0.2) is 40.3 Å². The number of ether oxygens (including phenoxy) is 1. The lowest BCUT2D eigenvalue weighted by atomic mass is 9.97. The van der Waals surface area contributed by atoms with Gasteiger partial charge >= 0.3 is 5.69 Å². The quantitative estimate of drug-likeness (QED) is 0.466. The van der Waals surface area contributed by atoms with Crippen LogP contribution in [0, 0.1) is 6.92 Å². The molecule has 1 saturated heterocycles. The number of aliphatic hydroxyl groups is 2. The Morgan fingerprint density at radius 2 is 2.18 bits per heavy atom. The van der Waals surface area contributed by atoms with E-state index in [0.29, 0.717) is 5.56 Å². The van der Waals surface area contributed by atoms with E-state index in [9.17, 15) is 24.6 Å². The van der Waals surface area contributed by atoms with Gasteiger partial charge in [-0.2, -0.15) is 0 Å². The van der Waals surface area contributed by atoms with Crippen LogP contribution in [-0.2, 0) is 22.5 Å². The first kappa shape index (κ1) is 19.9. The number of aryl methyl sites for hydroxylation is 1. The average Bonchev–Trinajstić information content (AvgIpc) is 2.66. The molecule has 0 aliphatic carbocycles. The summed E-state index contributed by atoms with van der Waals surface area (Å²) in [5.74, 6) is -0.334. The molecule has 4 N–H and O–H groups in total. The number of nitrogens with one attached hydrogen (secondary N) is 2. The third-order valence-corrected chi connectivity index (χ3v) is 4.63. The fourth-order valence-corrected chi connectivity index (χ4v) is 3.06. The number of rotatable bonds is 5. The number of amides is 1. The number of carbonyl (C=O) groups is 1. The van der Waals surface area contributed by atoms with E-state index in [2.05, 4.69) is 15.3 Å². The number of hydrogen-bond acceptors (Lipinski definition) is 7. The molecule has 2 aromatic heterocycles. The van der Waals surface area contributed by atoms with Crippen molar-refractivity contribution in [3.63, 3.8) is 0 Å². The molecule has 0 unspecified atom stereocenters. The summed E-state index contributed by atoms with van der Waals surface area (Å²) in [7, 11) is 0. The van der Waals surface area contributed by atoms with E-state index < -0.39 is 35.6 Å². The molecule has 10 nitrogen and oxygen atoms in total. The molecule has 1 aliphatic heterocycles. The molecule has 0 spiro atoms. The molecule has 1 fully saturated rings. The highest BCUT2D eigenvalue weighted by Crippen LogP contribution is 2.17. The van der Waals surface area contributed by atoms with Crippen molar-refractivity contribution < 1.29 is 19.7 Å². The average molecular weight is 390 g/mol. The molecule has 0 aromatic carbocycles. The van der Waals surface area contributed by atoms with Gasteiger partial charge < -0.3 is 20.3 Å². The van der Waals surface area contributed by atoms with E-state index in [4.69, 9.17) is 4.74 Å². The summed E-state index contributed by atoms with van der Waals surface area (Å²) in [6.45, 7) is 1.47. The zero-order chi connectivity index (χ0) is 20.3. The van der Waals surface area contributed by atoms with Crippen molar-refractivity contribution in [2.75, 3.05) is 6.61 Å². The van der Waals surface area contributed by atoms with E-state index >= 15 is 0 Å². The summed E-state index contributed by atoms with van der Waals surface area (Å²) >= 11 is 0. The minimum Gasteiger partial charge on any atom is -0.388 e. The monoisotopic (exact) mass is 390 g/mol. The molecule has 1 aliphatic rings. The summed E-state index contributed by atoms with van der Waals surface area (Å²) < 4.78 is 6.77. The molecule has 3 heterocycles. The van der Waals surface area contributed by atoms with Crippen molar-refractivity contribution >= 4 is 5.91 Å². The lowest BCUT2D eigenvalue weighted by molar-refractivity contribution is -0.158. The summed E-state index contributed by atoms with van der Waals surface area (Å²) in [4.78, 5) is 41.6. The molecule has 2 aromatic rings. The second-order valence-corrected chi connectivity index (χ2v) is 6.79. The standard InChI is InChI=1S/C18H22N4O6/c1-10-7-22(18(27)21-17(10)26)8-13-16(25)15(24)12(9-28-13)20-14(23)5-11-3-2-4-19-6-11/h2-4,6-7,12-13,15-16,24-25H,5,8-9H2,1H3,(H,20,23)(H,21,26,27)/t12-,13-,15+,16-/m1/s1. The summed E-state index contributed by atoms with van der Waals surface area (Å²) in [5, 5.41) is 23.4. The molecule has 0 radical (unpaired) electrons. The van der Waals surface area contributed by atoms with Crippen LogP contribution in [-0.4, -0.2) is 61.6 Å². The van der Waals surface area contributed by atoms with Crippen LogP contribution in [0.1, 0.15) is 11.1 Å². The van der Waals surface area contributed by atoms with E-state index in [0.717, 1.165) is 5.56 Å². The van der Waals surface area contributed by atoms with Gasteiger partial charge in [-0.25, -0.2) is 4.79 Å². The molecule has 1 amide bonds. The van der Waals surface area contributed by atoms with Gasteiger partial charge in [0, 0.05) is 24.2 Å². The Kier molecular flexibility index (Phi) is 6.02. The molecule has 0 bridgehead atoms. The van der Waals surface area contributed by atoms with Gasteiger partial charge in [-0.15, -0.1) is 0 Å². The van der Waals surface area contributed by atoms with E-state index in [1.807, 2.05) is 0 Å². The zero-order valence-electron chi connectivity index (χ0n) is 15.2. The number of aliphatic hydroxyl groups excluding tert-OH is 2. The van der Waals surface area contributed by atoms with Crippen LogP contribution in [0.25, 0.3) is 0 Å². The minimum absolute atomic E-state index is 0.0290. The number of carbonyl (C=O) groups excluding carboxylic acids is 1. The SMILES string of the molecule is Cc1cn(C[C@H]2OC[C@@H](NC(=O)Cc3cccnc3)[C@H](O)[C@@H]2O)c(=O)[nH]c1=O. The van der Waals surface area contributed by atoms with Gasteiger partial charge in [0.25, 0.3) is 5.56 Å². The highest BCUT2D eigenvalue weighted by molar-refractivity contribution is 5.78. The van der Waals surface area contributed by atoms with Crippen LogP contribution < -0.4 is 16.6 Å². The lowest BCUT2D eigenvalue weighted by Crippen LogP contribution is -2.60. The van der Waals surface area contributed by atoms with Crippen molar-refractivity contribution in [3.8, 4) is 0 Å². The number of nitrogens with zero attached hydrogens (tertiary/aromatic N) is 2. The Hall–Kier alpha value is -2.82. The number of hydrogen-bond donors (Lipinski definition) is 4. The Morgan fingerprint density at radius 3 is 2.89 bits per heavy atom. The Balaban J connectivity index is 1.61. The van der Waals surface area contributed by atoms with Gasteiger partial charge in [0.2, 0.25) is 5.91 Å². The molecule has 4 atom stereocenters. The molecule has 10 heteroatoms. The maximum Gasteiger partial charge on any atom is 0.328 e. The number of pyridine rings is 1. The highest BCUT2D eigenvalue weighted by atomic mass is 16.5. The molecule has 28 heavy (non-hydrogen) atoms. The second kappa shape index (κ2) is 8.46. The van der Waals surface area contributed by atoms with Gasteiger partial charge in [0.1, 0.15) is 18.3 Å². The van der Waals surface area contributed by atoms with Gasteiger partial charge in [0.05, 0.1) is 25.6 Å². The maximum absolute atomic E-state index is 12.2. The minimum atomic E-state index is -1.32. The maximum atomic E-state index is 12.2. The predicted molar refractivity (Wildman–Crippen MR) is 97.7 cm³/mol. The van der Waals surface area contributed by atoms with Crippen LogP contribution in [0.5, 0.6) is 0 Å². The number of H-pyrrole nitrogens is 1. The van der Waals surface area contributed by atoms with Crippen molar-refractivity contribution in [2.24, 2.45) is 0 Å². The number of aromatic nitrogens is 3. The van der Waals surface area contributed by atoms with Gasteiger partial charge in [0.15, 0.2) is 0 Å². The van der Waals surface area contributed by atoms with Crippen molar-refractivity contribution in [2.45, 2.75) is 44.2 Å². The fraction of sp³-hybridized carbons (Fsp3) is 0.444. The molecule has 0 saturated carbocycles. The summed E-state index contributed by atoms with van der Waals surface area (Å²) in [5.41, 5.74) is -0.0565. The normalized spacial score (nSPS) is 24.7. The molecule has 150 valence electrons. The predicted octanol–water partition coefficient (Wildman–Crippen LogP) is -1.91. The Labute approximate surface area is 159 Å². The van der Waals surface area contributed by atoms with Crippen LogP contribution >= 0.6 is 0 Å². The smallest absolute Gasteiger partial charge is 0.328 e. The van der Waals surface area contributed by atoms with Crippen LogP contribution in [0.3, 0.4) is 0 Å². The third-order valence-electron chi connectivity index (χ3n) is 4.63. The van der Waals surface area contributed by atoms with Crippen molar-refractivity contribution in [1.82, 2.24) is 19.9 Å². The van der Waals surface area contributed by atoms with Gasteiger partial charge in [-0.3, -0.25) is 24.1 Å². The largest absolute Gasteiger partial charge is 0.388 e. The zero-order valence-corrected chi connectivity index (χ0v) is 15.2. The first-order chi connectivity index (χ1) is 13.3. The summed E-state index contributed by atoms with van der Waals surface area (Å²) in [6, 6.07) is 2.69. The Morgan fingerprint density at radius 1 is 1.39 bits per heavy atom.